The van der Waals surface area contributed by atoms with Gasteiger partial charge in [-0.3, -0.25) is 0 Å². The van der Waals surface area contributed by atoms with Crippen molar-refractivity contribution in [2.45, 2.75) is 54.1 Å². The summed E-state index contributed by atoms with van der Waals surface area (Å²) in [6.07, 6.45) is 3.06. The summed E-state index contributed by atoms with van der Waals surface area (Å²) in [6.45, 7) is 13.0. The first-order valence-corrected chi connectivity index (χ1v) is 5.56. The molecule has 0 aromatic carbocycles. The van der Waals surface area contributed by atoms with E-state index >= 15 is 0 Å². The van der Waals surface area contributed by atoms with Gasteiger partial charge in [0.15, 0.2) is 0 Å². The second kappa shape index (κ2) is 3.37. The third-order valence-electron chi connectivity index (χ3n) is 3.40. The molecule has 0 saturated heterocycles. The van der Waals surface area contributed by atoms with Crippen molar-refractivity contribution >= 4 is 0 Å². The van der Waals surface area contributed by atoms with Gasteiger partial charge in [-0.15, -0.1) is 0 Å². The first-order valence-electron chi connectivity index (χ1n) is 5.56. The van der Waals surface area contributed by atoms with Crippen LogP contribution in [0.4, 0.5) is 0 Å². The Labute approximate surface area is 88.2 Å². The van der Waals surface area contributed by atoms with Crippen molar-refractivity contribution in [1.29, 1.82) is 0 Å². The second-order valence-corrected chi connectivity index (χ2v) is 6.26. The Morgan fingerprint density at radius 1 is 1.29 bits per heavy atom. The maximum absolute atomic E-state index is 10.2. The number of allylic oxidation sites excluding steroid dienone is 1. The fourth-order valence-electron chi connectivity index (χ4n) is 2.61. The molecule has 1 N–H and O–H groups in total. The molecule has 1 aliphatic carbocycles. The van der Waals surface area contributed by atoms with E-state index in [-0.39, 0.29) is 16.9 Å². The molecule has 1 heteroatoms. The number of rotatable bonds is 1. The van der Waals surface area contributed by atoms with E-state index in [0.29, 0.717) is 5.92 Å². The first kappa shape index (κ1) is 11.8. The van der Waals surface area contributed by atoms with Crippen LogP contribution in [-0.2, 0) is 0 Å². The normalized spacial score (nSPS) is 30.3. The van der Waals surface area contributed by atoms with Crippen LogP contribution < -0.4 is 0 Å². The van der Waals surface area contributed by atoms with Crippen molar-refractivity contribution < 1.29 is 5.11 Å². The first-order chi connectivity index (χ1) is 6.17. The van der Waals surface area contributed by atoms with Crippen molar-refractivity contribution in [2.24, 2.45) is 16.7 Å². The lowest BCUT2D eigenvalue weighted by molar-refractivity contribution is -0.0293. The van der Waals surface area contributed by atoms with Crippen LogP contribution >= 0.6 is 0 Å². The summed E-state index contributed by atoms with van der Waals surface area (Å²) in [5.74, 6) is 0.598. The number of hydrogen-bond donors (Lipinski definition) is 1. The predicted molar refractivity (Wildman–Crippen MR) is 61.1 cm³/mol. The molecule has 0 aromatic rings. The second-order valence-electron chi connectivity index (χ2n) is 6.26. The molecular formula is C13H24O. The minimum Gasteiger partial charge on any atom is -0.392 e. The standard InChI is InChI=1S/C13H24O/c1-9(2)10-7-12(3,4)11(14)13(5,6)8-10/h7,9,11,14H,8H2,1-6H3. The van der Waals surface area contributed by atoms with Crippen molar-refractivity contribution in [3.05, 3.63) is 11.6 Å². The van der Waals surface area contributed by atoms with Crippen LogP contribution in [-0.4, -0.2) is 11.2 Å². The van der Waals surface area contributed by atoms with Gasteiger partial charge in [0.1, 0.15) is 0 Å². The lowest BCUT2D eigenvalue weighted by Gasteiger charge is -2.45. The molecule has 0 radical (unpaired) electrons. The smallest absolute Gasteiger partial charge is 0.0679 e. The molecule has 1 unspecified atom stereocenters. The maximum Gasteiger partial charge on any atom is 0.0679 e. The van der Waals surface area contributed by atoms with Crippen LogP contribution in [0, 0.1) is 16.7 Å². The van der Waals surface area contributed by atoms with E-state index in [2.05, 4.69) is 47.6 Å². The molecule has 1 nitrogen and oxygen atoms in total. The number of aliphatic hydroxyl groups is 1. The molecule has 0 fully saturated rings. The average molecular weight is 196 g/mol. The highest BCUT2D eigenvalue weighted by atomic mass is 16.3. The van der Waals surface area contributed by atoms with Crippen molar-refractivity contribution in [3.8, 4) is 0 Å². The lowest BCUT2D eigenvalue weighted by atomic mass is 9.63. The molecule has 0 amide bonds. The fraction of sp³-hybridized carbons (Fsp3) is 0.846. The largest absolute Gasteiger partial charge is 0.392 e. The monoisotopic (exact) mass is 196 g/mol. The average Bonchev–Trinajstić information content (AvgIpc) is 1.98. The fourth-order valence-corrected chi connectivity index (χ4v) is 2.61. The Morgan fingerprint density at radius 2 is 1.79 bits per heavy atom. The third kappa shape index (κ3) is 2.03. The molecule has 1 aliphatic rings. The molecule has 14 heavy (non-hydrogen) atoms. The lowest BCUT2D eigenvalue weighted by Crippen LogP contribution is -2.44. The zero-order valence-electron chi connectivity index (χ0n) is 10.4. The number of aliphatic hydroxyl groups excluding tert-OH is 1. The number of hydrogen-bond acceptors (Lipinski definition) is 1. The Morgan fingerprint density at radius 3 is 2.14 bits per heavy atom. The molecule has 1 atom stereocenters. The van der Waals surface area contributed by atoms with Gasteiger partial charge in [0.25, 0.3) is 0 Å². The van der Waals surface area contributed by atoms with Crippen LogP contribution in [0.3, 0.4) is 0 Å². The van der Waals surface area contributed by atoms with Gasteiger partial charge in [-0.2, -0.15) is 0 Å². The quantitative estimate of drug-likeness (QED) is 0.637. The highest BCUT2D eigenvalue weighted by molar-refractivity contribution is 5.20. The van der Waals surface area contributed by atoms with E-state index in [0.717, 1.165) is 6.42 Å². The van der Waals surface area contributed by atoms with Crippen LogP contribution in [0.1, 0.15) is 48.0 Å². The Hall–Kier alpha value is -0.300. The van der Waals surface area contributed by atoms with Gasteiger partial charge in [-0.25, -0.2) is 0 Å². The minimum absolute atomic E-state index is 0.0118. The molecule has 0 bridgehead atoms. The summed E-state index contributed by atoms with van der Waals surface area (Å²) in [5, 5.41) is 10.2. The highest BCUT2D eigenvalue weighted by Crippen LogP contribution is 2.46. The highest BCUT2D eigenvalue weighted by Gasteiger charge is 2.42. The van der Waals surface area contributed by atoms with E-state index in [9.17, 15) is 5.11 Å². The molecule has 0 heterocycles. The van der Waals surface area contributed by atoms with Crippen LogP contribution in [0.15, 0.2) is 11.6 Å². The van der Waals surface area contributed by atoms with Gasteiger partial charge in [0.05, 0.1) is 6.10 Å². The Bertz CT molecular complexity index is 246. The SMILES string of the molecule is CC(C)C1=CC(C)(C)C(O)C(C)(C)C1. The van der Waals surface area contributed by atoms with Gasteiger partial charge >= 0.3 is 0 Å². The molecule has 0 saturated carbocycles. The van der Waals surface area contributed by atoms with Crippen molar-refractivity contribution in [2.75, 3.05) is 0 Å². The molecule has 0 spiro atoms. The zero-order chi connectivity index (χ0) is 11.1. The van der Waals surface area contributed by atoms with Crippen LogP contribution in [0.5, 0.6) is 0 Å². The van der Waals surface area contributed by atoms with Crippen LogP contribution in [0.2, 0.25) is 0 Å². The third-order valence-corrected chi connectivity index (χ3v) is 3.40. The van der Waals surface area contributed by atoms with Gasteiger partial charge < -0.3 is 5.11 Å². The van der Waals surface area contributed by atoms with E-state index < -0.39 is 0 Å². The Balaban J connectivity index is 3.06. The Kier molecular flexibility index (Phi) is 2.84. The van der Waals surface area contributed by atoms with E-state index in [1.165, 1.54) is 5.57 Å². The summed E-state index contributed by atoms with van der Waals surface area (Å²) >= 11 is 0. The van der Waals surface area contributed by atoms with Gasteiger partial charge in [0.2, 0.25) is 0 Å². The summed E-state index contributed by atoms with van der Waals surface area (Å²) in [6, 6.07) is 0. The van der Waals surface area contributed by atoms with E-state index in [1.807, 2.05) is 0 Å². The van der Waals surface area contributed by atoms with Crippen molar-refractivity contribution in [1.82, 2.24) is 0 Å². The molecular weight excluding hydrogens is 172 g/mol. The van der Waals surface area contributed by atoms with Crippen molar-refractivity contribution in [3.63, 3.8) is 0 Å². The van der Waals surface area contributed by atoms with E-state index in [1.54, 1.807) is 0 Å². The van der Waals surface area contributed by atoms with E-state index in [4.69, 9.17) is 0 Å². The summed E-state index contributed by atoms with van der Waals surface area (Å²) < 4.78 is 0. The summed E-state index contributed by atoms with van der Waals surface area (Å²) in [7, 11) is 0. The van der Waals surface area contributed by atoms with Crippen LogP contribution in [0.25, 0.3) is 0 Å². The summed E-state index contributed by atoms with van der Waals surface area (Å²) in [4.78, 5) is 0. The minimum atomic E-state index is -0.238. The van der Waals surface area contributed by atoms with Gasteiger partial charge in [-0.05, 0) is 17.8 Å². The van der Waals surface area contributed by atoms with Gasteiger partial charge in [0, 0.05) is 5.41 Å². The zero-order valence-corrected chi connectivity index (χ0v) is 10.4. The maximum atomic E-state index is 10.2. The molecule has 0 aromatic heterocycles. The topological polar surface area (TPSA) is 20.2 Å². The molecule has 0 aliphatic heterocycles. The molecule has 82 valence electrons. The predicted octanol–water partition coefficient (Wildman–Crippen LogP) is 3.39. The molecule has 1 rings (SSSR count). The van der Waals surface area contributed by atoms with Gasteiger partial charge in [-0.1, -0.05) is 53.2 Å². The summed E-state index contributed by atoms with van der Waals surface area (Å²) in [5.41, 5.74) is 1.42.